The van der Waals surface area contributed by atoms with Crippen molar-refractivity contribution >= 4 is 17.7 Å². The van der Waals surface area contributed by atoms with Crippen LogP contribution < -0.4 is 10.6 Å². The molecule has 2 heterocycles. The third-order valence-electron chi connectivity index (χ3n) is 6.32. The zero-order valence-corrected chi connectivity index (χ0v) is 16.4. The molecular weight excluding hydrogens is 399 g/mol. The van der Waals surface area contributed by atoms with Crippen molar-refractivity contribution in [2.24, 2.45) is 5.92 Å². The van der Waals surface area contributed by atoms with Crippen LogP contribution in [-0.2, 0) is 22.7 Å². The van der Waals surface area contributed by atoms with Crippen LogP contribution in [0, 0.1) is 5.92 Å². The molecule has 2 aliphatic heterocycles. The smallest absolute Gasteiger partial charge is 0.322 e. The minimum Gasteiger partial charge on any atom is -0.322 e. The van der Waals surface area contributed by atoms with Crippen LogP contribution in [0.5, 0.6) is 0 Å². The van der Waals surface area contributed by atoms with Crippen LogP contribution in [0.1, 0.15) is 60.0 Å². The first-order valence-electron chi connectivity index (χ1n) is 10.3. The van der Waals surface area contributed by atoms with Gasteiger partial charge in [-0.2, -0.15) is 13.2 Å². The lowest BCUT2D eigenvalue weighted by Gasteiger charge is -2.31. The van der Waals surface area contributed by atoms with E-state index in [1.165, 1.54) is 4.90 Å². The van der Waals surface area contributed by atoms with Crippen molar-refractivity contribution in [3.05, 3.63) is 34.9 Å². The van der Waals surface area contributed by atoms with Gasteiger partial charge in [-0.1, -0.05) is 18.6 Å². The Bertz CT molecular complexity index is 871. The maximum atomic E-state index is 13.0. The summed E-state index contributed by atoms with van der Waals surface area (Å²) in [5.41, 5.74) is 2.21. The van der Waals surface area contributed by atoms with Crippen molar-refractivity contribution in [1.29, 1.82) is 0 Å². The van der Waals surface area contributed by atoms with Crippen molar-refractivity contribution in [2.45, 2.75) is 69.9 Å². The summed E-state index contributed by atoms with van der Waals surface area (Å²) in [4.78, 5) is 37.7. The van der Waals surface area contributed by atoms with Crippen LogP contribution in [0.25, 0.3) is 0 Å². The normalized spacial score (nSPS) is 27.2. The third kappa shape index (κ3) is 4.21. The second-order valence-electron chi connectivity index (χ2n) is 8.37. The highest BCUT2D eigenvalue weighted by Gasteiger charge is 2.42. The Labute approximate surface area is 172 Å². The average molecular weight is 423 g/mol. The lowest BCUT2D eigenvalue weighted by molar-refractivity contribution is -0.183. The van der Waals surface area contributed by atoms with E-state index >= 15 is 0 Å². The van der Waals surface area contributed by atoms with Crippen molar-refractivity contribution in [2.75, 3.05) is 0 Å². The van der Waals surface area contributed by atoms with Gasteiger partial charge in [-0.3, -0.25) is 19.7 Å². The second-order valence-corrected chi connectivity index (χ2v) is 8.37. The molecule has 1 aliphatic carbocycles. The van der Waals surface area contributed by atoms with Gasteiger partial charge in [-0.25, -0.2) is 0 Å². The topological polar surface area (TPSA) is 78.5 Å². The monoisotopic (exact) mass is 423 g/mol. The third-order valence-corrected chi connectivity index (χ3v) is 6.32. The maximum absolute atomic E-state index is 13.0. The van der Waals surface area contributed by atoms with Crippen LogP contribution in [-0.4, -0.2) is 40.9 Å². The molecule has 0 radical (unpaired) electrons. The summed E-state index contributed by atoms with van der Waals surface area (Å²) in [5.74, 6) is -2.27. The van der Waals surface area contributed by atoms with Gasteiger partial charge in [0.25, 0.3) is 5.91 Å². The van der Waals surface area contributed by atoms with Gasteiger partial charge in [0.2, 0.25) is 11.8 Å². The van der Waals surface area contributed by atoms with Gasteiger partial charge in [-0.05, 0) is 42.9 Å². The number of carbonyl (C=O) groups is 3. The molecule has 3 atom stereocenters. The standard InChI is InChI=1S/C21H24F3N3O3/c22-21(23,24)14-2-1-3-15(9-14)25-10-12-4-5-16-13(8-12)11-27(20(16)30)17-6-7-18(28)26-19(17)29/h4-5,8,14-15,17,25H,1-3,6-7,9-11H2,(H,26,28,29)/t14-,15-,17?/m1/s1. The van der Waals surface area contributed by atoms with Crippen molar-refractivity contribution in [3.8, 4) is 0 Å². The van der Waals surface area contributed by atoms with Gasteiger partial charge in [0, 0.05) is 31.1 Å². The number of rotatable bonds is 4. The summed E-state index contributed by atoms with van der Waals surface area (Å²) < 4.78 is 39.0. The quantitative estimate of drug-likeness (QED) is 0.730. The van der Waals surface area contributed by atoms with Crippen LogP contribution >= 0.6 is 0 Å². The second kappa shape index (κ2) is 8.02. The van der Waals surface area contributed by atoms with Gasteiger partial charge in [0.1, 0.15) is 6.04 Å². The molecule has 3 aliphatic rings. The summed E-state index contributed by atoms with van der Waals surface area (Å²) in [5, 5.41) is 5.50. The molecule has 0 spiro atoms. The van der Waals surface area contributed by atoms with E-state index in [1.807, 2.05) is 6.07 Å². The Morgan fingerprint density at radius 2 is 1.93 bits per heavy atom. The van der Waals surface area contributed by atoms with E-state index in [-0.39, 0.29) is 43.7 Å². The van der Waals surface area contributed by atoms with E-state index in [9.17, 15) is 27.6 Å². The summed E-state index contributed by atoms with van der Waals surface area (Å²) in [6.45, 7) is 0.711. The molecule has 6 nitrogen and oxygen atoms in total. The number of hydrogen-bond acceptors (Lipinski definition) is 4. The fraction of sp³-hybridized carbons (Fsp3) is 0.571. The number of piperidine rings is 1. The molecule has 1 aromatic rings. The highest BCUT2D eigenvalue weighted by Crippen LogP contribution is 2.37. The number of halogens is 3. The maximum Gasteiger partial charge on any atom is 0.391 e. The van der Waals surface area contributed by atoms with Gasteiger partial charge < -0.3 is 10.2 Å². The fourth-order valence-corrected chi connectivity index (χ4v) is 4.67. The van der Waals surface area contributed by atoms with Gasteiger partial charge in [-0.15, -0.1) is 0 Å². The number of carbonyl (C=O) groups excluding carboxylic acids is 3. The average Bonchev–Trinajstić information content (AvgIpc) is 3.02. The van der Waals surface area contributed by atoms with Gasteiger partial charge in [0.15, 0.2) is 0 Å². The van der Waals surface area contributed by atoms with Crippen molar-refractivity contribution in [3.63, 3.8) is 0 Å². The molecule has 3 amide bonds. The van der Waals surface area contributed by atoms with E-state index in [1.54, 1.807) is 12.1 Å². The number of amides is 3. The minimum absolute atomic E-state index is 0.0935. The molecule has 4 rings (SSSR count). The first-order valence-corrected chi connectivity index (χ1v) is 10.3. The minimum atomic E-state index is -4.15. The Kier molecular flexibility index (Phi) is 5.57. The number of alkyl halides is 3. The SMILES string of the molecule is O=C1CCC(N2Cc3cc(CN[C@@H]4CCC[C@@H](C(F)(F)F)C4)ccc3C2=O)C(=O)N1. The van der Waals surface area contributed by atoms with Crippen LogP contribution in [0.15, 0.2) is 18.2 Å². The number of benzene rings is 1. The Balaban J connectivity index is 1.38. The summed E-state index contributed by atoms with van der Waals surface area (Å²) in [6, 6.07) is 4.53. The van der Waals surface area contributed by atoms with Crippen molar-refractivity contribution < 1.29 is 27.6 Å². The molecule has 2 N–H and O–H groups in total. The first-order chi connectivity index (χ1) is 14.2. The van der Waals surface area contributed by atoms with Crippen LogP contribution in [0.3, 0.4) is 0 Å². The Morgan fingerprint density at radius 3 is 2.67 bits per heavy atom. The molecule has 2 fully saturated rings. The number of nitrogens with one attached hydrogen (secondary N) is 2. The Morgan fingerprint density at radius 1 is 1.13 bits per heavy atom. The zero-order chi connectivity index (χ0) is 21.5. The lowest BCUT2D eigenvalue weighted by atomic mass is 9.85. The largest absolute Gasteiger partial charge is 0.391 e. The zero-order valence-electron chi connectivity index (χ0n) is 16.4. The number of fused-ring (bicyclic) bond motifs is 1. The van der Waals surface area contributed by atoms with E-state index in [2.05, 4.69) is 10.6 Å². The molecule has 1 aromatic carbocycles. The highest BCUT2D eigenvalue weighted by atomic mass is 19.4. The van der Waals surface area contributed by atoms with Crippen LogP contribution in [0.4, 0.5) is 13.2 Å². The first kappa shape index (κ1) is 20.8. The molecular formula is C21H24F3N3O3. The molecule has 0 aromatic heterocycles. The molecule has 0 bridgehead atoms. The molecule has 1 saturated carbocycles. The molecule has 9 heteroatoms. The van der Waals surface area contributed by atoms with Gasteiger partial charge >= 0.3 is 6.18 Å². The number of nitrogens with zero attached hydrogens (tertiary/aromatic N) is 1. The van der Waals surface area contributed by atoms with E-state index in [4.69, 9.17) is 0 Å². The van der Waals surface area contributed by atoms with E-state index in [0.29, 0.717) is 24.9 Å². The number of imide groups is 1. The number of hydrogen-bond donors (Lipinski definition) is 2. The van der Waals surface area contributed by atoms with Crippen molar-refractivity contribution in [1.82, 2.24) is 15.5 Å². The molecule has 30 heavy (non-hydrogen) atoms. The fourth-order valence-electron chi connectivity index (χ4n) is 4.67. The lowest BCUT2D eigenvalue weighted by Crippen LogP contribution is -2.52. The Hall–Kier alpha value is -2.42. The van der Waals surface area contributed by atoms with E-state index < -0.39 is 24.0 Å². The van der Waals surface area contributed by atoms with Gasteiger partial charge in [0.05, 0.1) is 5.92 Å². The molecule has 1 saturated heterocycles. The highest BCUT2D eigenvalue weighted by molar-refractivity contribution is 6.05. The molecule has 1 unspecified atom stereocenters. The predicted octanol–water partition coefficient (Wildman–Crippen LogP) is 2.66. The van der Waals surface area contributed by atoms with Crippen LogP contribution in [0.2, 0.25) is 0 Å². The summed E-state index contributed by atoms with van der Waals surface area (Å²) >= 11 is 0. The predicted molar refractivity (Wildman–Crippen MR) is 101 cm³/mol. The van der Waals surface area contributed by atoms with E-state index in [0.717, 1.165) is 17.5 Å². The molecule has 162 valence electrons. The summed E-state index contributed by atoms with van der Waals surface area (Å²) in [7, 11) is 0. The summed E-state index contributed by atoms with van der Waals surface area (Å²) in [6.07, 6.45) is -2.07.